The lowest BCUT2D eigenvalue weighted by Gasteiger charge is -2.35. The first-order valence-corrected chi connectivity index (χ1v) is 8.82. The van der Waals surface area contributed by atoms with Crippen LogP contribution < -0.4 is 5.32 Å². The van der Waals surface area contributed by atoms with E-state index in [0.717, 1.165) is 6.08 Å². The zero-order chi connectivity index (χ0) is 22.6. The lowest BCUT2D eigenvalue weighted by Crippen LogP contribution is -2.44. The zero-order valence-electron chi connectivity index (χ0n) is 16.9. The minimum Gasteiger partial charge on any atom is -0.370 e. The number of rotatable bonds is 12. The Hall–Kier alpha value is -2.22. The quantitative estimate of drug-likeness (QED) is 0.166. The van der Waals surface area contributed by atoms with Gasteiger partial charge in [-0.3, -0.25) is 9.69 Å². The number of nitriles is 1. The molecule has 3 atom stereocenters. The molecule has 3 unspecified atom stereocenters. The molecule has 0 saturated heterocycles. The van der Waals surface area contributed by atoms with Gasteiger partial charge in [-0.05, 0) is 27.1 Å². The summed E-state index contributed by atoms with van der Waals surface area (Å²) in [7, 11) is 4.75. The second kappa shape index (κ2) is 13.1. The predicted molar refractivity (Wildman–Crippen MR) is 102 cm³/mol. The van der Waals surface area contributed by atoms with Crippen LogP contribution in [0, 0.1) is 11.3 Å². The highest BCUT2D eigenvalue weighted by molar-refractivity contribution is 5.73. The van der Waals surface area contributed by atoms with Crippen LogP contribution in [0.2, 0.25) is 0 Å². The molecule has 0 rings (SSSR count). The largest absolute Gasteiger partial charge is 0.391 e. The van der Waals surface area contributed by atoms with Crippen LogP contribution in [-0.4, -0.2) is 73.6 Å². The average Bonchev–Trinajstić information content (AvgIpc) is 2.64. The molecule has 0 saturated carbocycles. The molecular weight excluding hydrogens is 392 g/mol. The Kier molecular flexibility index (Phi) is 12.1. The summed E-state index contributed by atoms with van der Waals surface area (Å²) < 4.78 is 51.7. The smallest absolute Gasteiger partial charge is 0.370 e. The van der Waals surface area contributed by atoms with Gasteiger partial charge in [-0.25, -0.2) is 4.39 Å². The predicted octanol–water partition coefficient (Wildman–Crippen LogP) is 2.50. The molecule has 0 aromatic heterocycles. The van der Waals surface area contributed by atoms with Gasteiger partial charge in [0.25, 0.3) is 0 Å². The van der Waals surface area contributed by atoms with Crippen molar-refractivity contribution in [3.8, 4) is 6.07 Å². The molecular formula is C19H28F4N4O2. The number of carbonyl (C=O) groups is 1. The molecule has 10 heteroatoms. The van der Waals surface area contributed by atoms with E-state index in [2.05, 4.69) is 5.32 Å². The van der Waals surface area contributed by atoms with Gasteiger partial charge < -0.3 is 15.3 Å². The summed E-state index contributed by atoms with van der Waals surface area (Å²) in [5.74, 6) is 0. The molecule has 0 spiro atoms. The van der Waals surface area contributed by atoms with Crippen LogP contribution in [0.3, 0.4) is 0 Å². The molecule has 0 aromatic rings. The lowest BCUT2D eigenvalue weighted by atomic mass is 10.1. The zero-order valence-corrected chi connectivity index (χ0v) is 16.9. The van der Waals surface area contributed by atoms with E-state index in [1.165, 1.54) is 18.9 Å². The van der Waals surface area contributed by atoms with Crippen LogP contribution in [0.1, 0.15) is 19.8 Å². The Morgan fingerprint density at radius 3 is 2.34 bits per heavy atom. The number of carbonyl (C=O) groups excluding carboxylic acids is 1. The van der Waals surface area contributed by atoms with Crippen molar-refractivity contribution in [2.45, 2.75) is 44.5 Å². The van der Waals surface area contributed by atoms with Crippen LogP contribution in [-0.2, 0) is 4.79 Å². The van der Waals surface area contributed by atoms with E-state index in [0.29, 0.717) is 18.1 Å². The molecule has 0 aliphatic heterocycles. The lowest BCUT2D eigenvalue weighted by molar-refractivity contribution is -0.142. The summed E-state index contributed by atoms with van der Waals surface area (Å²) in [6.07, 6.45) is -2.88. The fourth-order valence-corrected chi connectivity index (χ4v) is 2.62. The monoisotopic (exact) mass is 420 g/mol. The van der Waals surface area contributed by atoms with Gasteiger partial charge in [0.1, 0.15) is 6.29 Å². The Balaban J connectivity index is 5.77. The molecule has 0 aliphatic carbocycles. The number of nitrogens with one attached hydrogen (secondary N) is 1. The maximum Gasteiger partial charge on any atom is 0.391 e. The van der Waals surface area contributed by atoms with Crippen molar-refractivity contribution in [1.82, 2.24) is 15.1 Å². The minimum atomic E-state index is -4.54. The fraction of sp³-hybridized carbons (Fsp3) is 0.579. The number of aliphatic hydroxyl groups is 1. The van der Waals surface area contributed by atoms with E-state index in [9.17, 15) is 22.4 Å². The molecule has 164 valence electrons. The molecule has 29 heavy (non-hydrogen) atoms. The Morgan fingerprint density at radius 1 is 1.28 bits per heavy atom. The Bertz CT molecular complexity index is 639. The first kappa shape index (κ1) is 26.8. The SMILES string of the molecule is CNC(/C=C\CC#N)N(C)C/C(=C(/C)C=O)N(C)C(/C=C\C(O)F)CC(F)(F)F. The minimum absolute atomic E-state index is 0.101. The number of aldehydes is 1. The number of allylic oxidation sites excluding steroid dienone is 2. The van der Waals surface area contributed by atoms with Crippen molar-refractivity contribution >= 4 is 6.29 Å². The summed E-state index contributed by atoms with van der Waals surface area (Å²) in [6.45, 7) is 1.58. The molecule has 0 aliphatic rings. The van der Waals surface area contributed by atoms with Gasteiger partial charge in [-0.1, -0.05) is 18.2 Å². The maximum absolute atomic E-state index is 13.0. The third kappa shape index (κ3) is 10.8. The van der Waals surface area contributed by atoms with Crippen molar-refractivity contribution in [3.05, 3.63) is 35.6 Å². The average molecular weight is 420 g/mol. The van der Waals surface area contributed by atoms with E-state index in [4.69, 9.17) is 10.4 Å². The Labute approximate surface area is 168 Å². The van der Waals surface area contributed by atoms with Gasteiger partial charge in [0.15, 0.2) is 0 Å². The van der Waals surface area contributed by atoms with Crippen molar-refractivity contribution in [2.75, 3.05) is 27.7 Å². The fourth-order valence-electron chi connectivity index (χ4n) is 2.62. The molecule has 0 radical (unpaired) electrons. The highest BCUT2D eigenvalue weighted by Gasteiger charge is 2.34. The third-order valence-corrected chi connectivity index (χ3v) is 4.19. The van der Waals surface area contributed by atoms with Gasteiger partial charge in [-0.15, -0.1) is 0 Å². The van der Waals surface area contributed by atoms with Gasteiger partial charge in [0, 0.05) is 24.9 Å². The summed E-state index contributed by atoms with van der Waals surface area (Å²) >= 11 is 0. The topological polar surface area (TPSA) is 79.6 Å². The molecule has 6 nitrogen and oxygen atoms in total. The summed E-state index contributed by atoms with van der Waals surface area (Å²) in [5, 5.41) is 20.4. The summed E-state index contributed by atoms with van der Waals surface area (Å²) in [5.41, 5.74) is 0.528. The number of nitrogens with zero attached hydrogens (tertiary/aromatic N) is 3. The maximum atomic E-state index is 13.0. The van der Waals surface area contributed by atoms with Gasteiger partial charge >= 0.3 is 6.18 Å². The van der Waals surface area contributed by atoms with Crippen LogP contribution in [0.4, 0.5) is 17.6 Å². The molecule has 2 N–H and O–H groups in total. The highest BCUT2D eigenvalue weighted by atomic mass is 19.4. The van der Waals surface area contributed by atoms with Gasteiger partial charge in [0.05, 0.1) is 31.1 Å². The van der Waals surface area contributed by atoms with Crippen molar-refractivity contribution in [2.24, 2.45) is 0 Å². The Morgan fingerprint density at radius 2 is 1.90 bits per heavy atom. The van der Waals surface area contributed by atoms with Crippen LogP contribution in [0.25, 0.3) is 0 Å². The van der Waals surface area contributed by atoms with E-state index in [-0.39, 0.29) is 24.7 Å². The van der Waals surface area contributed by atoms with Crippen molar-refractivity contribution in [1.29, 1.82) is 5.26 Å². The number of hydrogen-bond acceptors (Lipinski definition) is 6. The van der Waals surface area contributed by atoms with E-state index in [1.54, 1.807) is 31.1 Å². The second-order valence-corrected chi connectivity index (χ2v) is 6.44. The van der Waals surface area contributed by atoms with Crippen LogP contribution in [0.5, 0.6) is 0 Å². The summed E-state index contributed by atoms with van der Waals surface area (Å²) in [4.78, 5) is 14.3. The number of alkyl halides is 4. The molecule has 0 amide bonds. The van der Waals surface area contributed by atoms with E-state index < -0.39 is 25.0 Å². The number of halogens is 4. The van der Waals surface area contributed by atoms with E-state index in [1.807, 2.05) is 6.07 Å². The number of hydrogen-bond donors (Lipinski definition) is 2. The van der Waals surface area contributed by atoms with Crippen molar-refractivity contribution < 1.29 is 27.5 Å². The van der Waals surface area contributed by atoms with Gasteiger partial charge in [-0.2, -0.15) is 18.4 Å². The standard InChI is InChI=1S/C19H28F4N4O2/c1-14(13-28)16(12-26(3)18(25-2)7-5-6-10-24)27(4)15(8-9-17(20)29)11-19(21,22)23/h5,7-9,13,15,17-18,25,29H,6,11-12H2,1-4H3/b7-5-,9-8-,16-14+. The van der Waals surface area contributed by atoms with E-state index >= 15 is 0 Å². The van der Waals surface area contributed by atoms with Crippen LogP contribution in [0.15, 0.2) is 35.6 Å². The molecule has 0 heterocycles. The van der Waals surface area contributed by atoms with Crippen molar-refractivity contribution in [3.63, 3.8) is 0 Å². The molecule has 0 aromatic carbocycles. The molecule has 0 bridgehead atoms. The number of aliphatic hydroxyl groups excluding tert-OH is 1. The third-order valence-electron chi connectivity index (χ3n) is 4.19. The van der Waals surface area contributed by atoms with Crippen LogP contribution >= 0.6 is 0 Å². The normalized spacial score (nSPS) is 16.6. The number of likely N-dealkylation sites (N-methyl/N-ethyl adjacent to an activating group) is 3. The molecule has 0 fully saturated rings. The second-order valence-electron chi connectivity index (χ2n) is 6.44. The first-order valence-electron chi connectivity index (χ1n) is 8.82. The van der Waals surface area contributed by atoms with Gasteiger partial charge in [0.2, 0.25) is 6.36 Å². The highest BCUT2D eigenvalue weighted by Crippen LogP contribution is 2.27. The summed E-state index contributed by atoms with van der Waals surface area (Å²) in [6, 6.07) is 0.651. The first-order chi connectivity index (χ1) is 13.5.